The van der Waals surface area contributed by atoms with Crippen LogP contribution in [0.2, 0.25) is 0 Å². The molecule has 4 unspecified atom stereocenters. The number of phosphoric ester groups is 1. The second-order valence-electron chi connectivity index (χ2n) is 14.1. The lowest BCUT2D eigenvalue weighted by Gasteiger charge is -2.21. The Morgan fingerprint density at radius 1 is 0.962 bits per heavy atom. The first-order valence-electron chi connectivity index (χ1n) is 19.5. The molecule has 4 rings (SSSR count). The van der Waals surface area contributed by atoms with Crippen molar-refractivity contribution in [3.05, 3.63) is 53.7 Å². The predicted molar refractivity (Wildman–Crippen MR) is 202 cm³/mol. The van der Waals surface area contributed by atoms with Crippen LogP contribution in [0.3, 0.4) is 0 Å². The number of unbranched alkanes of at least 4 members (excludes halogenated alkanes) is 14. The van der Waals surface area contributed by atoms with Crippen LogP contribution in [0.5, 0.6) is 5.75 Å². The van der Waals surface area contributed by atoms with E-state index in [1.165, 1.54) is 102 Å². The van der Waals surface area contributed by atoms with Gasteiger partial charge in [-0.05, 0) is 43.5 Å². The maximum absolute atomic E-state index is 14.0. The number of nitrogens with two attached hydrogens (primary N) is 1. The quantitative estimate of drug-likeness (QED) is 0.0536. The first-order chi connectivity index (χ1) is 25.8. The molecule has 3 N–H and O–H groups in total. The van der Waals surface area contributed by atoms with E-state index in [0.29, 0.717) is 30.8 Å². The van der Waals surface area contributed by atoms with E-state index < -0.39 is 25.7 Å². The summed E-state index contributed by atoms with van der Waals surface area (Å²) in [6, 6.07) is 9.35. The third-order valence-electron chi connectivity index (χ3n) is 9.58. The van der Waals surface area contributed by atoms with Gasteiger partial charge in [0.2, 0.25) is 0 Å². The zero-order valence-corrected chi connectivity index (χ0v) is 32.2. The molecule has 1 aliphatic rings. The molecule has 1 saturated heterocycles. The lowest BCUT2D eigenvalue weighted by molar-refractivity contribution is 0.000302. The largest absolute Gasteiger partial charge is 0.493 e. The molecular weight excluding hydrogens is 700 g/mol. The number of phosphoric acid groups is 1. The van der Waals surface area contributed by atoms with Gasteiger partial charge in [-0.3, -0.25) is 9.05 Å². The fourth-order valence-corrected chi connectivity index (χ4v) is 7.40. The van der Waals surface area contributed by atoms with Crippen LogP contribution in [-0.4, -0.2) is 58.6 Å². The van der Waals surface area contributed by atoms with Gasteiger partial charge >= 0.3 is 7.82 Å². The Balaban J connectivity index is 1.13. The average molecular weight is 760 g/mol. The number of halogens is 1. The SMILES string of the molecule is CCCCCCCCCCCCCCCCCOCC(COc1cc(F)cc(C#N)c1)COP(=O)(O)OCC1CCC(c2ccc3c(N)ncnn23)O1. The summed E-state index contributed by atoms with van der Waals surface area (Å²) in [5.41, 5.74) is 7.57. The molecule has 0 radical (unpaired) electrons. The van der Waals surface area contributed by atoms with Crippen molar-refractivity contribution in [1.82, 2.24) is 14.6 Å². The van der Waals surface area contributed by atoms with E-state index in [1.54, 1.807) is 4.52 Å². The topological polar surface area (TPSA) is 163 Å². The number of benzene rings is 1. The summed E-state index contributed by atoms with van der Waals surface area (Å²) in [5.74, 6) is -0.517. The van der Waals surface area contributed by atoms with Gasteiger partial charge in [-0.1, -0.05) is 96.8 Å². The molecule has 0 aliphatic carbocycles. The van der Waals surface area contributed by atoms with E-state index >= 15 is 0 Å². The zero-order valence-electron chi connectivity index (χ0n) is 31.3. The Morgan fingerprint density at radius 3 is 2.32 bits per heavy atom. The van der Waals surface area contributed by atoms with Crippen LogP contribution in [0.1, 0.15) is 133 Å². The summed E-state index contributed by atoms with van der Waals surface area (Å²) in [7, 11) is -4.45. The van der Waals surface area contributed by atoms with Gasteiger partial charge in [-0.2, -0.15) is 10.4 Å². The minimum absolute atomic E-state index is 0.0138. The van der Waals surface area contributed by atoms with Gasteiger partial charge in [0, 0.05) is 18.6 Å². The molecule has 4 atom stereocenters. The van der Waals surface area contributed by atoms with Gasteiger partial charge < -0.3 is 24.8 Å². The Hall–Kier alpha value is -3.11. The molecule has 53 heavy (non-hydrogen) atoms. The number of hydrogen-bond acceptors (Lipinski definition) is 10. The summed E-state index contributed by atoms with van der Waals surface area (Å²) in [6.45, 7) is 2.68. The maximum atomic E-state index is 14.0. The number of nitrogens with zero attached hydrogens (tertiary/aromatic N) is 4. The van der Waals surface area contributed by atoms with Gasteiger partial charge in [0.25, 0.3) is 0 Å². The van der Waals surface area contributed by atoms with Crippen LogP contribution < -0.4 is 10.5 Å². The minimum Gasteiger partial charge on any atom is -0.493 e. The molecule has 14 heteroatoms. The van der Waals surface area contributed by atoms with Gasteiger partial charge in [-0.15, -0.1) is 0 Å². The van der Waals surface area contributed by atoms with Crippen molar-refractivity contribution in [2.24, 2.45) is 5.92 Å². The number of ether oxygens (including phenoxy) is 3. The number of anilines is 1. The van der Waals surface area contributed by atoms with E-state index in [-0.39, 0.29) is 43.8 Å². The van der Waals surface area contributed by atoms with E-state index in [1.807, 2.05) is 18.2 Å². The van der Waals surface area contributed by atoms with Crippen LogP contribution in [-0.2, 0) is 23.1 Å². The summed E-state index contributed by atoms with van der Waals surface area (Å²) in [4.78, 5) is 14.5. The van der Waals surface area contributed by atoms with E-state index in [0.717, 1.165) is 24.6 Å². The molecule has 1 aliphatic heterocycles. The first-order valence-corrected chi connectivity index (χ1v) is 21.0. The predicted octanol–water partition coefficient (Wildman–Crippen LogP) is 9.26. The third-order valence-corrected chi connectivity index (χ3v) is 10.5. The van der Waals surface area contributed by atoms with Crippen LogP contribution in [0.25, 0.3) is 5.52 Å². The van der Waals surface area contributed by atoms with Crippen molar-refractivity contribution in [2.75, 3.05) is 38.8 Å². The highest BCUT2D eigenvalue weighted by atomic mass is 31.2. The molecule has 3 heterocycles. The summed E-state index contributed by atoms with van der Waals surface area (Å²) in [5, 5.41) is 13.5. The highest BCUT2D eigenvalue weighted by molar-refractivity contribution is 7.47. The summed E-state index contributed by atoms with van der Waals surface area (Å²) in [6.07, 6.45) is 21.2. The van der Waals surface area contributed by atoms with Gasteiger partial charge in [0.1, 0.15) is 29.5 Å². The van der Waals surface area contributed by atoms with Crippen molar-refractivity contribution in [3.8, 4) is 11.8 Å². The number of fused-ring (bicyclic) bond motifs is 1. The Kier molecular flexibility index (Phi) is 19.0. The number of rotatable bonds is 28. The van der Waals surface area contributed by atoms with Crippen molar-refractivity contribution >= 4 is 19.2 Å². The van der Waals surface area contributed by atoms with Gasteiger partial charge in [0.05, 0.1) is 49.9 Å². The Bertz CT molecular complexity index is 1590. The fraction of sp³-hybridized carbons (Fsp3) is 0.667. The second-order valence-corrected chi connectivity index (χ2v) is 15.5. The Morgan fingerprint density at radius 2 is 1.64 bits per heavy atom. The first kappa shape index (κ1) is 42.6. The monoisotopic (exact) mass is 759 g/mol. The van der Waals surface area contributed by atoms with Crippen molar-refractivity contribution in [2.45, 2.75) is 128 Å². The third kappa shape index (κ3) is 15.6. The van der Waals surface area contributed by atoms with Crippen LogP contribution in [0.15, 0.2) is 36.7 Å². The maximum Gasteiger partial charge on any atom is 0.472 e. The lowest BCUT2D eigenvalue weighted by atomic mass is 10.0. The number of nitriles is 1. The molecule has 1 aromatic carbocycles. The molecule has 0 spiro atoms. The molecule has 3 aromatic rings. The number of hydrogen-bond donors (Lipinski definition) is 2. The highest BCUT2D eigenvalue weighted by Gasteiger charge is 2.32. The van der Waals surface area contributed by atoms with Crippen LogP contribution >= 0.6 is 7.82 Å². The van der Waals surface area contributed by atoms with Crippen molar-refractivity contribution in [3.63, 3.8) is 0 Å². The molecule has 0 saturated carbocycles. The van der Waals surface area contributed by atoms with Gasteiger partial charge in [0.15, 0.2) is 5.82 Å². The molecular formula is C39H59FN5O7P. The van der Waals surface area contributed by atoms with E-state index in [4.69, 9.17) is 29.0 Å². The van der Waals surface area contributed by atoms with Crippen LogP contribution in [0.4, 0.5) is 10.2 Å². The van der Waals surface area contributed by atoms with Crippen molar-refractivity contribution in [1.29, 1.82) is 5.26 Å². The lowest BCUT2D eigenvalue weighted by Crippen LogP contribution is -2.24. The fourth-order valence-electron chi connectivity index (χ4n) is 6.57. The van der Waals surface area contributed by atoms with E-state index in [9.17, 15) is 19.1 Å². The summed E-state index contributed by atoms with van der Waals surface area (Å²) >= 11 is 0. The van der Waals surface area contributed by atoms with Crippen molar-refractivity contribution < 1.29 is 37.1 Å². The zero-order chi connectivity index (χ0) is 37.7. The average Bonchev–Trinajstić information content (AvgIpc) is 3.81. The molecule has 294 valence electrons. The Labute approximate surface area is 314 Å². The van der Waals surface area contributed by atoms with Gasteiger partial charge in [-0.25, -0.2) is 18.5 Å². The molecule has 0 bridgehead atoms. The van der Waals surface area contributed by atoms with E-state index in [2.05, 4.69) is 17.0 Å². The molecule has 0 amide bonds. The second kappa shape index (κ2) is 23.6. The molecule has 1 fully saturated rings. The normalized spacial score (nSPS) is 17.5. The molecule has 2 aromatic heterocycles. The van der Waals surface area contributed by atoms with Crippen LogP contribution in [0, 0.1) is 23.1 Å². The number of aromatic nitrogens is 3. The molecule has 12 nitrogen and oxygen atoms in total. The summed E-state index contributed by atoms with van der Waals surface area (Å²) < 4.78 is 57.0. The smallest absolute Gasteiger partial charge is 0.472 e. The highest BCUT2D eigenvalue weighted by Crippen LogP contribution is 2.45. The number of nitrogen functional groups attached to an aromatic ring is 1. The standard InChI is InChI=1S/C39H59FN5O7P/c1-2-3-4-5-6-7-8-9-10-11-12-13-14-15-16-21-48-26-32(27-49-35-23-31(25-41)22-33(40)24-35)28-50-53(46,47)51-29-34-17-20-38(52-34)36-18-19-37-39(42)43-30-44-45(36)37/h18-19,22-24,30,32,34,38H,2-17,20-21,26-29H2,1H3,(H,46,47)(H2,42,43,44). The minimum atomic E-state index is -4.45.